The Morgan fingerprint density at radius 2 is 2.42 bits per heavy atom. The third-order valence-electron chi connectivity index (χ3n) is 2.19. The average Bonchev–Trinajstić information content (AvgIpc) is 2.28. The maximum absolute atomic E-state index is 10.9. The van der Waals surface area contributed by atoms with Crippen molar-refractivity contribution < 1.29 is 14.3 Å². The third kappa shape index (κ3) is 2.46. The molecular formula is C8H15NO3. The van der Waals surface area contributed by atoms with Crippen molar-refractivity contribution in [1.29, 1.82) is 0 Å². The molecule has 2 unspecified atom stereocenters. The van der Waals surface area contributed by atoms with E-state index in [1.54, 1.807) is 7.11 Å². The van der Waals surface area contributed by atoms with Crippen LogP contribution >= 0.6 is 0 Å². The van der Waals surface area contributed by atoms with Crippen LogP contribution in [0, 0.1) is 5.92 Å². The second-order valence-electron chi connectivity index (χ2n) is 3.06. The number of primary amides is 1. The smallest absolute Gasteiger partial charge is 0.222 e. The van der Waals surface area contributed by atoms with Crippen LogP contribution in [0.25, 0.3) is 0 Å². The van der Waals surface area contributed by atoms with Crippen LogP contribution in [-0.4, -0.2) is 32.3 Å². The summed E-state index contributed by atoms with van der Waals surface area (Å²) in [5, 5.41) is 0. The molecule has 1 heterocycles. The summed E-state index contributed by atoms with van der Waals surface area (Å²) in [5.74, 6) is -0.476. The van der Waals surface area contributed by atoms with Crippen LogP contribution < -0.4 is 5.73 Å². The quantitative estimate of drug-likeness (QED) is 0.635. The van der Waals surface area contributed by atoms with Crippen LogP contribution in [0.4, 0.5) is 0 Å². The number of carbonyl (C=O) groups is 1. The summed E-state index contributed by atoms with van der Waals surface area (Å²) in [7, 11) is 1.65. The Hall–Kier alpha value is -0.610. The molecule has 1 aliphatic rings. The maximum Gasteiger partial charge on any atom is 0.222 e. The number of rotatable bonds is 2. The molecule has 0 bridgehead atoms. The fourth-order valence-corrected chi connectivity index (χ4v) is 1.36. The zero-order valence-electron chi connectivity index (χ0n) is 7.29. The highest BCUT2D eigenvalue weighted by Crippen LogP contribution is 2.16. The van der Waals surface area contributed by atoms with Gasteiger partial charge in [-0.1, -0.05) is 0 Å². The van der Waals surface area contributed by atoms with Crippen LogP contribution in [-0.2, 0) is 14.3 Å². The van der Waals surface area contributed by atoms with Crippen molar-refractivity contribution >= 4 is 5.91 Å². The van der Waals surface area contributed by atoms with Crippen LogP contribution in [0.3, 0.4) is 0 Å². The Morgan fingerprint density at radius 3 is 3.00 bits per heavy atom. The number of carbonyl (C=O) groups excluding carboxylic acids is 1. The number of hydrogen-bond acceptors (Lipinski definition) is 3. The van der Waals surface area contributed by atoms with Crippen molar-refractivity contribution in [3.63, 3.8) is 0 Å². The third-order valence-corrected chi connectivity index (χ3v) is 2.19. The number of nitrogens with two attached hydrogens (primary N) is 1. The lowest BCUT2D eigenvalue weighted by Gasteiger charge is -2.14. The summed E-state index contributed by atoms with van der Waals surface area (Å²) >= 11 is 0. The Labute approximate surface area is 72.0 Å². The van der Waals surface area contributed by atoms with Crippen LogP contribution in [0.2, 0.25) is 0 Å². The summed E-state index contributed by atoms with van der Waals surface area (Å²) in [5.41, 5.74) is 5.18. The monoisotopic (exact) mass is 173 g/mol. The molecule has 1 amide bonds. The van der Waals surface area contributed by atoms with Gasteiger partial charge in [0.05, 0.1) is 18.6 Å². The van der Waals surface area contributed by atoms with Gasteiger partial charge in [-0.25, -0.2) is 0 Å². The minimum Gasteiger partial charge on any atom is -0.381 e. The van der Waals surface area contributed by atoms with E-state index in [2.05, 4.69) is 0 Å². The maximum atomic E-state index is 10.9. The largest absolute Gasteiger partial charge is 0.381 e. The molecule has 0 aromatic rings. The Morgan fingerprint density at radius 1 is 1.67 bits per heavy atom. The molecule has 4 nitrogen and oxygen atoms in total. The molecule has 0 aromatic carbocycles. The highest BCUT2D eigenvalue weighted by atomic mass is 16.5. The van der Waals surface area contributed by atoms with Crippen molar-refractivity contribution in [1.82, 2.24) is 0 Å². The molecule has 1 saturated heterocycles. The number of amides is 1. The highest BCUT2D eigenvalue weighted by Gasteiger charge is 2.23. The Bertz CT molecular complexity index is 160. The number of hydrogen-bond donors (Lipinski definition) is 1. The van der Waals surface area contributed by atoms with E-state index >= 15 is 0 Å². The predicted molar refractivity (Wildman–Crippen MR) is 43.5 cm³/mol. The normalized spacial score (nSPS) is 31.1. The van der Waals surface area contributed by atoms with Crippen molar-refractivity contribution in [3.05, 3.63) is 0 Å². The van der Waals surface area contributed by atoms with E-state index < -0.39 is 0 Å². The van der Waals surface area contributed by atoms with Gasteiger partial charge in [-0.3, -0.25) is 4.79 Å². The lowest BCUT2D eigenvalue weighted by atomic mass is 10.0. The lowest BCUT2D eigenvalue weighted by molar-refractivity contribution is -0.124. The number of ether oxygens (including phenoxy) is 2. The summed E-state index contributed by atoms with van der Waals surface area (Å²) in [6.07, 6.45) is 1.65. The Kier molecular flexibility index (Phi) is 3.49. The molecule has 70 valence electrons. The lowest BCUT2D eigenvalue weighted by Crippen LogP contribution is -2.29. The molecule has 0 spiro atoms. The summed E-state index contributed by atoms with van der Waals surface area (Å²) < 4.78 is 10.4. The Balaban J connectivity index is 2.47. The topological polar surface area (TPSA) is 61.6 Å². The van der Waals surface area contributed by atoms with Gasteiger partial charge in [0.15, 0.2) is 0 Å². The fourth-order valence-electron chi connectivity index (χ4n) is 1.36. The molecule has 0 saturated carbocycles. The molecule has 1 fully saturated rings. The molecule has 2 N–H and O–H groups in total. The van der Waals surface area contributed by atoms with E-state index in [1.807, 2.05) is 0 Å². The van der Waals surface area contributed by atoms with Crippen molar-refractivity contribution in [2.45, 2.75) is 18.9 Å². The highest BCUT2D eigenvalue weighted by molar-refractivity contribution is 5.76. The van der Waals surface area contributed by atoms with Gasteiger partial charge in [-0.15, -0.1) is 0 Å². The summed E-state index contributed by atoms with van der Waals surface area (Å²) in [4.78, 5) is 10.9. The van der Waals surface area contributed by atoms with Gasteiger partial charge in [0.2, 0.25) is 5.91 Å². The van der Waals surface area contributed by atoms with Gasteiger partial charge >= 0.3 is 0 Å². The minimum atomic E-state index is -0.293. The van der Waals surface area contributed by atoms with Gasteiger partial charge in [0.25, 0.3) is 0 Å². The van der Waals surface area contributed by atoms with Crippen LogP contribution in [0.5, 0.6) is 0 Å². The van der Waals surface area contributed by atoms with Crippen LogP contribution in [0.15, 0.2) is 0 Å². The summed E-state index contributed by atoms with van der Waals surface area (Å²) in [6.45, 7) is 1.09. The molecule has 4 heteroatoms. The second-order valence-corrected chi connectivity index (χ2v) is 3.06. The molecule has 2 atom stereocenters. The van der Waals surface area contributed by atoms with E-state index in [-0.39, 0.29) is 17.9 Å². The first-order valence-corrected chi connectivity index (χ1v) is 4.14. The van der Waals surface area contributed by atoms with E-state index in [4.69, 9.17) is 15.2 Å². The molecule has 0 radical (unpaired) electrons. The van der Waals surface area contributed by atoms with Gasteiger partial charge in [0.1, 0.15) is 0 Å². The molecule has 12 heavy (non-hydrogen) atoms. The number of methoxy groups -OCH3 is 1. The van der Waals surface area contributed by atoms with Gasteiger partial charge < -0.3 is 15.2 Å². The summed E-state index contributed by atoms with van der Waals surface area (Å²) in [6, 6.07) is 0. The van der Waals surface area contributed by atoms with Gasteiger partial charge in [-0.05, 0) is 12.8 Å². The fraction of sp³-hybridized carbons (Fsp3) is 0.875. The second kappa shape index (κ2) is 4.42. The minimum absolute atomic E-state index is 0.116. The predicted octanol–water partition coefficient (Wildman–Crippen LogP) is -0.0867. The molecular weight excluding hydrogens is 158 g/mol. The van der Waals surface area contributed by atoms with E-state index in [0.717, 1.165) is 6.42 Å². The zero-order chi connectivity index (χ0) is 8.97. The van der Waals surface area contributed by atoms with E-state index in [9.17, 15) is 4.79 Å². The molecule has 0 aromatic heterocycles. The van der Waals surface area contributed by atoms with Crippen molar-refractivity contribution in [3.8, 4) is 0 Å². The molecule has 1 aliphatic heterocycles. The molecule has 0 aliphatic carbocycles. The zero-order valence-corrected chi connectivity index (χ0v) is 7.29. The first kappa shape index (κ1) is 9.48. The van der Waals surface area contributed by atoms with Crippen molar-refractivity contribution in [2.24, 2.45) is 11.7 Å². The SMILES string of the molecule is COC1CCOCC(C(N)=O)C1. The van der Waals surface area contributed by atoms with Crippen molar-refractivity contribution in [2.75, 3.05) is 20.3 Å². The average molecular weight is 173 g/mol. The van der Waals surface area contributed by atoms with Gasteiger partial charge in [-0.2, -0.15) is 0 Å². The first-order valence-electron chi connectivity index (χ1n) is 4.14. The van der Waals surface area contributed by atoms with E-state index in [1.165, 1.54) is 0 Å². The van der Waals surface area contributed by atoms with Gasteiger partial charge in [0, 0.05) is 13.7 Å². The first-order chi connectivity index (χ1) is 5.74. The molecule has 1 rings (SSSR count). The standard InChI is InChI=1S/C8H15NO3/c1-11-7-2-3-12-5-6(4-7)8(9)10/h6-7H,2-5H2,1H3,(H2,9,10). The van der Waals surface area contributed by atoms with Crippen LogP contribution in [0.1, 0.15) is 12.8 Å². The van der Waals surface area contributed by atoms with E-state index in [0.29, 0.717) is 19.6 Å².